The molecule has 0 bridgehead atoms. The fraction of sp³-hybridized carbons (Fsp3) is 1.00. The molecule has 1 saturated carbocycles. The van der Waals surface area contributed by atoms with Crippen molar-refractivity contribution in [1.82, 2.24) is 0 Å². The van der Waals surface area contributed by atoms with E-state index in [9.17, 15) is 15.3 Å². The zero-order valence-corrected chi connectivity index (χ0v) is 10.8. The first-order valence-electron chi connectivity index (χ1n) is 4.87. The summed E-state index contributed by atoms with van der Waals surface area (Å²) in [5, 5.41) is 29.2. The number of alkyl halides is 1. The van der Waals surface area contributed by atoms with Crippen LogP contribution < -0.4 is 0 Å². The predicted octanol–water partition coefficient (Wildman–Crippen LogP) is 0.327. The summed E-state index contributed by atoms with van der Waals surface area (Å²) in [6.45, 7) is 3.92. The van der Waals surface area contributed by atoms with Crippen LogP contribution in [0.15, 0.2) is 0 Å². The highest BCUT2D eigenvalue weighted by Crippen LogP contribution is 2.63. The largest absolute Gasteiger partial charge is 0.387 e. The zero-order valence-electron chi connectivity index (χ0n) is 8.64. The van der Waals surface area contributed by atoms with Crippen LogP contribution in [0.3, 0.4) is 0 Å². The van der Waals surface area contributed by atoms with Crippen molar-refractivity contribution < 1.29 is 20.1 Å². The number of halogens is 1. The fourth-order valence-electron chi connectivity index (χ4n) is 2.36. The van der Waals surface area contributed by atoms with Gasteiger partial charge in [-0.05, 0) is 11.8 Å². The number of hydrogen-bond acceptors (Lipinski definition) is 5. The first-order valence-corrected chi connectivity index (χ1v) is 7.19. The van der Waals surface area contributed by atoms with Crippen LogP contribution in [0.1, 0.15) is 20.3 Å². The molecule has 2 fully saturated rings. The molecule has 4 N–H and O–H groups in total. The second-order valence-electron chi connectivity index (χ2n) is 4.95. The smallest absolute Gasteiger partial charge is 0.149 e. The maximum atomic E-state index is 9.90. The van der Waals surface area contributed by atoms with Crippen LogP contribution in [0.25, 0.3) is 0 Å². The van der Waals surface area contributed by atoms with Crippen molar-refractivity contribution >= 4 is 21.0 Å². The lowest BCUT2D eigenvalue weighted by Gasteiger charge is -2.41. The zero-order chi connectivity index (χ0) is 11.4. The van der Waals surface area contributed by atoms with Crippen molar-refractivity contribution in [3.05, 3.63) is 0 Å². The van der Waals surface area contributed by atoms with Gasteiger partial charge in [-0.15, -0.1) is 0 Å². The molecule has 6 heteroatoms. The molecule has 1 aliphatic carbocycles. The van der Waals surface area contributed by atoms with Gasteiger partial charge in [0, 0.05) is 21.0 Å². The maximum Gasteiger partial charge on any atom is 0.149 e. The standard InChI is InChI=1S/C9H16INO4/c1-8(2)3-9(8)6(14)4(12)5(13)7(10-11)15-9/h4-7,11-14H,3H2,1-2H3. The highest BCUT2D eigenvalue weighted by molar-refractivity contribution is 14.1. The van der Waals surface area contributed by atoms with Gasteiger partial charge >= 0.3 is 0 Å². The quantitative estimate of drug-likeness (QED) is 0.412. The van der Waals surface area contributed by atoms with Gasteiger partial charge in [0.2, 0.25) is 0 Å². The van der Waals surface area contributed by atoms with Crippen molar-refractivity contribution in [2.24, 2.45) is 5.41 Å². The maximum absolute atomic E-state index is 9.90. The first kappa shape index (κ1) is 11.8. The topological polar surface area (TPSA) is 93.8 Å². The van der Waals surface area contributed by atoms with Gasteiger partial charge in [-0.3, -0.25) is 3.56 Å². The Balaban J connectivity index is 2.26. The molecule has 1 saturated heterocycles. The van der Waals surface area contributed by atoms with Gasteiger partial charge in [0.15, 0.2) is 0 Å². The van der Waals surface area contributed by atoms with Crippen molar-refractivity contribution in [1.29, 1.82) is 3.56 Å². The van der Waals surface area contributed by atoms with E-state index in [1.165, 1.54) is 0 Å². The van der Waals surface area contributed by atoms with Crippen LogP contribution in [0.2, 0.25) is 0 Å². The van der Waals surface area contributed by atoms with Crippen LogP contribution in [0.4, 0.5) is 0 Å². The molecular formula is C9H16INO4. The van der Waals surface area contributed by atoms with Gasteiger partial charge < -0.3 is 20.1 Å². The molecule has 2 aliphatic rings. The molecule has 0 aromatic rings. The van der Waals surface area contributed by atoms with Gasteiger partial charge in [0.05, 0.1) is 0 Å². The Morgan fingerprint density at radius 3 is 2.20 bits per heavy atom. The fourth-order valence-corrected chi connectivity index (χ4v) is 3.74. The summed E-state index contributed by atoms with van der Waals surface area (Å²) in [5.74, 6) is 0. The van der Waals surface area contributed by atoms with E-state index >= 15 is 0 Å². The molecule has 0 aromatic carbocycles. The number of aliphatic hydroxyl groups is 3. The minimum atomic E-state index is -1.18. The molecule has 5 atom stereocenters. The van der Waals surface area contributed by atoms with E-state index in [1.807, 2.05) is 13.8 Å². The lowest BCUT2D eigenvalue weighted by Crippen LogP contribution is -2.58. The SMILES string of the molecule is CC1(C)CC12OC(I=N)C(O)C(O)C2O. The molecule has 0 aromatic heterocycles. The minimum absolute atomic E-state index is 0.176. The first-order chi connectivity index (χ1) is 6.85. The van der Waals surface area contributed by atoms with Crippen LogP contribution in [-0.4, -0.2) is 43.3 Å². The lowest BCUT2D eigenvalue weighted by atomic mass is 9.92. The van der Waals surface area contributed by atoms with E-state index in [4.69, 9.17) is 8.30 Å². The molecule has 0 radical (unpaired) electrons. The third-order valence-corrected chi connectivity index (χ3v) is 5.18. The van der Waals surface area contributed by atoms with E-state index in [-0.39, 0.29) is 5.41 Å². The third kappa shape index (κ3) is 1.49. The van der Waals surface area contributed by atoms with Crippen LogP contribution in [-0.2, 0) is 4.74 Å². The monoisotopic (exact) mass is 329 g/mol. The lowest BCUT2D eigenvalue weighted by molar-refractivity contribution is -0.215. The summed E-state index contributed by atoms with van der Waals surface area (Å²) >= 11 is -1.06. The molecular weight excluding hydrogens is 313 g/mol. The average Bonchev–Trinajstić information content (AvgIpc) is 2.73. The van der Waals surface area contributed by atoms with Crippen LogP contribution in [0.5, 0.6) is 0 Å². The summed E-state index contributed by atoms with van der Waals surface area (Å²) in [6, 6.07) is 0. The molecule has 1 spiro atoms. The van der Waals surface area contributed by atoms with E-state index < -0.39 is 49.1 Å². The Morgan fingerprint density at radius 2 is 1.80 bits per heavy atom. The van der Waals surface area contributed by atoms with Gasteiger partial charge in [-0.25, -0.2) is 0 Å². The Hall–Kier alpha value is 0.370. The van der Waals surface area contributed by atoms with Crippen molar-refractivity contribution in [3.63, 3.8) is 0 Å². The molecule has 1 aliphatic heterocycles. The van der Waals surface area contributed by atoms with Gasteiger partial charge in [0.25, 0.3) is 0 Å². The van der Waals surface area contributed by atoms with E-state index in [1.54, 1.807) is 0 Å². The predicted molar refractivity (Wildman–Crippen MR) is 60.8 cm³/mol. The number of hydrogen-bond donors (Lipinski definition) is 4. The number of nitrogens with one attached hydrogen (secondary N) is 1. The van der Waals surface area contributed by atoms with Gasteiger partial charge in [-0.2, -0.15) is 0 Å². The van der Waals surface area contributed by atoms with Crippen molar-refractivity contribution in [3.8, 4) is 0 Å². The van der Waals surface area contributed by atoms with E-state index in [0.717, 1.165) is 0 Å². The molecule has 1 heterocycles. The van der Waals surface area contributed by atoms with Gasteiger partial charge in [0.1, 0.15) is 28.0 Å². The van der Waals surface area contributed by atoms with E-state index in [2.05, 4.69) is 0 Å². The molecule has 2 rings (SSSR count). The third-order valence-electron chi connectivity index (χ3n) is 3.58. The summed E-state index contributed by atoms with van der Waals surface area (Å²) in [4.78, 5) is 0. The molecule has 5 unspecified atom stereocenters. The van der Waals surface area contributed by atoms with Crippen molar-refractivity contribution in [2.45, 2.75) is 48.3 Å². The molecule has 0 amide bonds. The normalized spacial score (nSPS) is 53.1. The highest BCUT2D eigenvalue weighted by Gasteiger charge is 2.71. The van der Waals surface area contributed by atoms with E-state index in [0.29, 0.717) is 6.42 Å². The Kier molecular flexibility index (Phi) is 2.71. The Bertz CT molecular complexity index is 298. The van der Waals surface area contributed by atoms with Gasteiger partial charge in [-0.1, -0.05) is 13.8 Å². The Labute approximate surface area is 98.4 Å². The minimum Gasteiger partial charge on any atom is -0.387 e. The second kappa shape index (κ2) is 3.43. The molecule has 15 heavy (non-hydrogen) atoms. The molecule has 5 nitrogen and oxygen atoms in total. The van der Waals surface area contributed by atoms with Crippen LogP contribution in [0, 0.1) is 8.98 Å². The number of ether oxygens (including phenoxy) is 1. The summed E-state index contributed by atoms with van der Waals surface area (Å²) in [5.41, 5.74) is -0.915. The average molecular weight is 329 g/mol. The highest BCUT2D eigenvalue weighted by atomic mass is 127. The summed E-state index contributed by atoms with van der Waals surface area (Å²) in [6.07, 6.45) is -2.68. The summed E-state index contributed by atoms with van der Waals surface area (Å²) < 4.78 is 12.4. The second-order valence-corrected chi connectivity index (χ2v) is 6.80. The number of rotatable bonds is 1. The molecule has 88 valence electrons. The number of aliphatic hydroxyl groups excluding tert-OH is 3. The summed E-state index contributed by atoms with van der Waals surface area (Å²) in [7, 11) is 0. The Morgan fingerprint density at radius 1 is 1.27 bits per heavy atom. The van der Waals surface area contributed by atoms with Crippen LogP contribution >= 0.6 is 21.0 Å². The van der Waals surface area contributed by atoms with Crippen molar-refractivity contribution in [2.75, 3.05) is 0 Å².